The van der Waals surface area contributed by atoms with Crippen LogP contribution >= 0.6 is 11.6 Å². The van der Waals surface area contributed by atoms with Crippen molar-refractivity contribution < 1.29 is 14.3 Å². The largest absolute Gasteiger partial charge is 0.493 e. The molecular weight excluding hydrogens is 338 g/mol. The summed E-state index contributed by atoms with van der Waals surface area (Å²) in [6.45, 7) is 0.0429. The maximum atomic E-state index is 12.4. The molecule has 0 saturated heterocycles. The van der Waals surface area contributed by atoms with Gasteiger partial charge < -0.3 is 9.47 Å². The van der Waals surface area contributed by atoms with E-state index in [0.29, 0.717) is 22.6 Å². The molecule has 2 aromatic carbocycles. The molecule has 0 N–H and O–H groups in total. The summed E-state index contributed by atoms with van der Waals surface area (Å²) in [6, 6.07) is 13.7. The summed E-state index contributed by atoms with van der Waals surface area (Å²) in [5.41, 5.74) is 0.958. The number of carbonyl (C=O) groups is 1. The third-order valence-electron chi connectivity index (χ3n) is 3.26. The van der Waals surface area contributed by atoms with E-state index in [-0.39, 0.29) is 23.0 Å². The topological polar surface area (TPSA) is 59.3 Å². The van der Waals surface area contributed by atoms with Crippen LogP contribution in [0.5, 0.6) is 11.5 Å². The zero-order valence-corrected chi connectivity index (χ0v) is 14.2. The summed E-state index contributed by atoms with van der Waals surface area (Å²) >= 11 is 6.20. The third kappa shape index (κ3) is 4.41. The first kappa shape index (κ1) is 18.1. The van der Waals surface area contributed by atoms with Gasteiger partial charge >= 0.3 is 0 Å². The monoisotopic (exact) mass is 351 g/mol. The molecule has 4 nitrogen and oxygen atoms in total. The molecule has 5 heteroatoms. The lowest BCUT2D eigenvalue weighted by atomic mass is 10.0. The lowest BCUT2D eigenvalue weighted by molar-refractivity contribution is 0.104. The molecule has 25 heavy (non-hydrogen) atoms. The van der Waals surface area contributed by atoms with Crippen molar-refractivity contribution in [3.05, 3.63) is 64.2 Å². The Morgan fingerprint density at radius 3 is 2.64 bits per heavy atom. The second-order valence-electron chi connectivity index (χ2n) is 4.89. The highest BCUT2D eigenvalue weighted by Gasteiger charge is 2.15. The van der Waals surface area contributed by atoms with E-state index >= 15 is 0 Å². The minimum atomic E-state index is -0.370. The molecule has 0 saturated carbocycles. The van der Waals surface area contributed by atoms with Crippen molar-refractivity contribution in [3.8, 4) is 29.9 Å². The number of nitrogens with zero attached hydrogens (tertiary/aromatic N) is 1. The first-order valence-electron chi connectivity index (χ1n) is 7.26. The van der Waals surface area contributed by atoms with Gasteiger partial charge in [0.1, 0.15) is 18.2 Å². The Morgan fingerprint density at radius 1 is 1.32 bits per heavy atom. The smallest absolute Gasteiger partial charge is 0.203 e. The number of Topliss-reactive ketones (excluding diaryl/α,β-unsaturated/α-hetero) is 1. The van der Waals surface area contributed by atoms with E-state index in [1.54, 1.807) is 42.5 Å². The number of hydrogen-bond donors (Lipinski definition) is 0. The van der Waals surface area contributed by atoms with Crippen molar-refractivity contribution in [3.63, 3.8) is 0 Å². The SMILES string of the molecule is C#CCOc1c(Cl)cc(C=C(C#N)C(=O)c2ccccc2)cc1OC. The summed E-state index contributed by atoms with van der Waals surface area (Å²) in [6.07, 6.45) is 6.63. The summed E-state index contributed by atoms with van der Waals surface area (Å²) < 4.78 is 10.6. The van der Waals surface area contributed by atoms with Gasteiger partial charge in [-0.3, -0.25) is 4.79 Å². The van der Waals surface area contributed by atoms with Gasteiger partial charge in [0.15, 0.2) is 11.5 Å². The number of methoxy groups -OCH3 is 1. The van der Waals surface area contributed by atoms with Gasteiger partial charge in [-0.15, -0.1) is 6.42 Å². The number of nitriles is 1. The first-order valence-corrected chi connectivity index (χ1v) is 7.63. The molecule has 0 amide bonds. The van der Waals surface area contributed by atoms with Crippen LogP contribution in [-0.2, 0) is 0 Å². The van der Waals surface area contributed by atoms with E-state index in [1.165, 1.54) is 13.2 Å². The zero-order valence-electron chi connectivity index (χ0n) is 13.5. The lowest BCUT2D eigenvalue weighted by Crippen LogP contribution is -2.02. The van der Waals surface area contributed by atoms with E-state index in [4.69, 9.17) is 27.5 Å². The van der Waals surface area contributed by atoms with Crippen molar-refractivity contribution in [2.75, 3.05) is 13.7 Å². The number of allylic oxidation sites excluding steroid dienone is 1. The molecule has 0 aromatic heterocycles. The van der Waals surface area contributed by atoms with Gasteiger partial charge in [0.25, 0.3) is 0 Å². The Labute approximate surface area is 151 Å². The normalized spacial score (nSPS) is 10.5. The van der Waals surface area contributed by atoms with Gasteiger partial charge in [0.2, 0.25) is 5.78 Å². The number of carbonyl (C=O) groups excluding carboxylic acids is 1. The standard InChI is InChI=1S/C20H14ClNO3/c1-3-9-25-20-17(21)11-14(12-18(20)24-2)10-16(13-22)19(23)15-7-5-4-6-8-15/h1,4-8,10-12H,9H2,2H3. The number of benzene rings is 2. The molecule has 0 atom stereocenters. The van der Waals surface area contributed by atoms with Crippen molar-refractivity contribution in [1.29, 1.82) is 5.26 Å². The molecule has 0 bridgehead atoms. The summed E-state index contributed by atoms with van der Waals surface area (Å²) in [5, 5.41) is 9.60. The minimum Gasteiger partial charge on any atom is -0.493 e. The zero-order chi connectivity index (χ0) is 18.2. The van der Waals surface area contributed by atoms with Gasteiger partial charge in [0, 0.05) is 5.56 Å². The Morgan fingerprint density at radius 2 is 2.04 bits per heavy atom. The lowest BCUT2D eigenvalue weighted by Gasteiger charge is -2.11. The molecule has 0 spiro atoms. The Hall–Kier alpha value is -3.21. The maximum Gasteiger partial charge on any atom is 0.203 e. The Bertz CT molecular complexity index is 890. The van der Waals surface area contributed by atoms with E-state index < -0.39 is 0 Å². The van der Waals surface area contributed by atoms with E-state index in [1.807, 2.05) is 6.07 Å². The van der Waals surface area contributed by atoms with Crippen LogP contribution in [0.4, 0.5) is 0 Å². The number of halogens is 1. The molecule has 0 radical (unpaired) electrons. The molecule has 124 valence electrons. The van der Waals surface area contributed by atoms with Crippen molar-refractivity contribution in [1.82, 2.24) is 0 Å². The van der Waals surface area contributed by atoms with Crippen LogP contribution in [0.1, 0.15) is 15.9 Å². The fraction of sp³-hybridized carbons (Fsp3) is 0.100. The molecule has 2 rings (SSSR count). The maximum absolute atomic E-state index is 12.4. The minimum absolute atomic E-state index is 0.0124. The molecule has 0 aliphatic heterocycles. The van der Waals surface area contributed by atoms with E-state index in [2.05, 4.69) is 5.92 Å². The fourth-order valence-electron chi connectivity index (χ4n) is 2.14. The van der Waals surface area contributed by atoms with Gasteiger partial charge in [-0.1, -0.05) is 47.9 Å². The van der Waals surface area contributed by atoms with Crippen LogP contribution in [-0.4, -0.2) is 19.5 Å². The molecule has 0 heterocycles. The molecule has 0 aliphatic rings. The Balaban J connectivity index is 2.42. The summed E-state index contributed by atoms with van der Waals surface area (Å²) in [5.74, 6) is 2.65. The van der Waals surface area contributed by atoms with Crippen molar-refractivity contribution in [2.24, 2.45) is 0 Å². The fourth-order valence-corrected chi connectivity index (χ4v) is 2.41. The molecular formula is C20H14ClNO3. The van der Waals surface area contributed by atoms with Gasteiger partial charge in [-0.05, 0) is 23.8 Å². The van der Waals surface area contributed by atoms with Gasteiger partial charge in [-0.2, -0.15) is 5.26 Å². The number of hydrogen-bond acceptors (Lipinski definition) is 4. The molecule has 0 fully saturated rings. The average molecular weight is 352 g/mol. The van der Waals surface area contributed by atoms with Crippen LogP contribution in [0.25, 0.3) is 6.08 Å². The number of rotatable bonds is 6. The predicted molar refractivity (Wildman–Crippen MR) is 96.7 cm³/mol. The molecule has 0 unspecified atom stereocenters. The van der Waals surface area contributed by atoms with Crippen LogP contribution < -0.4 is 9.47 Å². The summed E-state index contributed by atoms with van der Waals surface area (Å²) in [4.78, 5) is 12.4. The van der Waals surface area contributed by atoms with Gasteiger partial charge in [0.05, 0.1) is 12.1 Å². The highest BCUT2D eigenvalue weighted by atomic mass is 35.5. The molecule has 2 aromatic rings. The predicted octanol–water partition coefficient (Wildman–Crippen LogP) is 4.15. The van der Waals surface area contributed by atoms with Crippen LogP contribution in [0.3, 0.4) is 0 Å². The second kappa shape index (κ2) is 8.59. The summed E-state index contributed by atoms with van der Waals surface area (Å²) in [7, 11) is 1.46. The van der Waals surface area contributed by atoms with Crippen LogP contribution in [0.2, 0.25) is 5.02 Å². The van der Waals surface area contributed by atoms with E-state index in [9.17, 15) is 10.1 Å². The van der Waals surface area contributed by atoms with Crippen molar-refractivity contribution >= 4 is 23.5 Å². The quantitative estimate of drug-likeness (QED) is 0.339. The number of ketones is 1. The highest BCUT2D eigenvalue weighted by Crippen LogP contribution is 2.37. The highest BCUT2D eigenvalue weighted by molar-refractivity contribution is 6.32. The number of ether oxygens (including phenoxy) is 2. The average Bonchev–Trinajstić information content (AvgIpc) is 2.65. The van der Waals surface area contributed by atoms with Gasteiger partial charge in [-0.25, -0.2) is 0 Å². The van der Waals surface area contributed by atoms with Crippen LogP contribution in [0, 0.1) is 23.7 Å². The Kier molecular flexibility index (Phi) is 6.23. The van der Waals surface area contributed by atoms with E-state index in [0.717, 1.165) is 0 Å². The second-order valence-corrected chi connectivity index (χ2v) is 5.30. The molecule has 0 aliphatic carbocycles. The van der Waals surface area contributed by atoms with Crippen molar-refractivity contribution in [2.45, 2.75) is 0 Å². The first-order chi connectivity index (χ1) is 12.1. The third-order valence-corrected chi connectivity index (χ3v) is 3.54. The number of terminal acetylenes is 1. The van der Waals surface area contributed by atoms with Crippen LogP contribution in [0.15, 0.2) is 48.0 Å².